The zero-order valence-electron chi connectivity index (χ0n) is 17.3. The van der Waals surface area contributed by atoms with Gasteiger partial charge in [0.15, 0.2) is 11.6 Å². The van der Waals surface area contributed by atoms with E-state index >= 15 is 0 Å². The van der Waals surface area contributed by atoms with Gasteiger partial charge in [-0.3, -0.25) is 19.0 Å². The molecule has 3 aromatic rings. The number of aliphatic hydroxyl groups is 1. The number of aromatic nitrogens is 2. The van der Waals surface area contributed by atoms with E-state index in [1.807, 2.05) is 19.1 Å². The van der Waals surface area contributed by atoms with Crippen molar-refractivity contribution in [3.05, 3.63) is 80.0 Å². The van der Waals surface area contributed by atoms with Gasteiger partial charge in [-0.2, -0.15) is 0 Å². The highest BCUT2D eigenvalue weighted by Gasteiger charge is 2.28. The van der Waals surface area contributed by atoms with Gasteiger partial charge in [0.05, 0.1) is 16.6 Å². The molecule has 4 rings (SSSR count). The molecule has 158 valence electrons. The predicted molar refractivity (Wildman–Crippen MR) is 118 cm³/mol. The van der Waals surface area contributed by atoms with Crippen LogP contribution < -0.4 is 11.2 Å². The van der Waals surface area contributed by atoms with Crippen molar-refractivity contribution in [2.75, 3.05) is 0 Å². The topological polar surface area (TPSA) is 98.4 Å². The Hall–Kier alpha value is -3.74. The van der Waals surface area contributed by atoms with Gasteiger partial charge < -0.3 is 5.11 Å². The number of para-hydroxylation sites is 1. The summed E-state index contributed by atoms with van der Waals surface area (Å²) in [6, 6.07) is 11.6. The molecule has 7 heteroatoms. The molecule has 1 heterocycles. The summed E-state index contributed by atoms with van der Waals surface area (Å²) in [5.74, 6) is -1.22. The number of benzene rings is 2. The monoisotopic (exact) mass is 418 g/mol. The van der Waals surface area contributed by atoms with Gasteiger partial charge >= 0.3 is 5.69 Å². The molecule has 0 bridgehead atoms. The van der Waals surface area contributed by atoms with Crippen molar-refractivity contribution in [2.24, 2.45) is 0 Å². The highest BCUT2D eigenvalue weighted by molar-refractivity contribution is 6.25. The van der Waals surface area contributed by atoms with Crippen molar-refractivity contribution in [1.82, 2.24) is 9.13 Å². The summed E-state index contributed by atoms with van der Waals surface area (Å²) in [7, 11) is 0. The predicted octanol–water partition coefficient (Wildman–Crippen LogP) is 3.07. The van der Waals surface area contributed by atoms with E-state index in [2.05, 4.69) is 0 Å². The number of nitrogens with zero attached hydrogens (tertiary/aromatic N) is 2. The van der Waals surface area contributed by atoms with Crippen molar-refractivity contribution >= 4 is 28.2 Å². The molecular formula is C24H22N2O5. The number of Topliss-reactive ketones (excluding diaryl/α,β-unsaturated/α-hetero) is 2. The van der Waals surface area contributed by atoms with Crippen LogP contribution in [0, 0.1) is 6.92 Å². The van der Waals surface area contributed by atoms with Crippen LogP contribution in [0.3, 0.4) is 0 Å². The van der Waals surface area contributed by atoms with Crippen LogP contribution in [-0.2, 0) is 16.1 Å². The Morgan fingerprint density at radius 3 is 2.32 bits per heavy atom. The van der Waals surface area contributed by atoms with Crippen molar-refractivity contribution in [3.63, 3.8) is 0 Å². The molecule has 0 saturated heterocycles. The second-order valence-corrected chi connectivity index (χ2v) is 7.61. The van der Waals surface area contributed by atoms with Gasteiger partial charge in [-0.15, -0.1) is 0 Å². The Morgan fingerprint density at radius 1 is 1.00 bits per heavy atom. The van der Waals surface area contributed by atoms with Crippen LogP contribution in [0.15, 0.2) is 57.6 Å². The van der Waals surface area contributed by atoms with E-state index in [1.165, 1.54) is 16.7 Å². The summed E-state index contributed by atoms with van der Waals surface area (Å²) in [6.45, 7) is 3.96. The molecule has 1 aliphatic rings. The van der Waals surface area contributed by atoms with Crippen molar-refractivity contribution < 1.29 is 14.7 Å². The van der Waals surface area contributed by atoms with E-state index in [4.69, 9.17) is 0 Å². The molecular weight excluding hydrogens is 396 g/mol. The zero-order chi connectivity index (χ0) is 22.3. The number of rotatable bonds is 3. The first-order valence-electron chi connectivity index (χ1n) is 10.2. The van der Waals surface area contributed by atoms with Gasteiger partial charge in [0.1, 0.15) is 11.3 Å². The molecule has 0 atom stereocenters. The number of aliphatic hydroxyl groups excluding tert-OH is 1. The smallest absolute Gasteiger partial charge is 0.336 e. The minimum Gasteiger partial charge on any atom is -0.506 e. The second-order valence-electron chi connectivity index (χ2n) is 7.61. The average molecular weight is 418 g/mol. The van der Waals surface area contributed by atoms with Crippen LogP contribution in [0.2, 0.25) is 0 Å². The van der Waals surface area contributed by atoms with Gasteiger partial charge in [0.25, 0.3) is 5.56 Å². The summed E-state index contributed by atoms with van der Waals surface area (Å²) in [4.78, 5) is 50.9. The van der Waals surface area contributed by atoms with E-state index in [9.17, 15) is 24.3 Å². The first-order valence-corrected chi connectivity index (χ1v) is 10.2. The molecule has 1 N–H and O–H groups in total. The van der Waals surface area contributed by atoms with Crippen LogP contribution in [0.4, 0.5) is 0 Å². The van der Waals surface area contributed by atoms with Gasteiger partial charge in [-0.1, -0.05) is 18.2 Å². The van der Waals surface area contributed by atoms with Crippen molar-refractivity contribution in [1.29, 1.82) is 0 Å². The lowest BCUT2D eigenvalue weighted by atomic mass is 9.89. The molecule has 1 fully saturated rings. The van der Waals surface area contributed by atoms with E-state index in [-0.39, 0.29) is 29.4 Å². The maximum absolute atomic E-state index is 13.4. The Bertz CT molecular complexity index is 1370. The fourth-order valence-corrected chi connectivity index (χ4v) is 4.08. The molecule has 1 aromatic heterocycles. The molecule has 0 aliphatic heterocycles. The SMILES string of the molecule is CCn1c(=O)n(-c2ccccc2C)c(=O)c2cc(C(O)=C3C(=O)CCCC3=O)ccc21. The number of allylic oxidation sites excluding steroid dienone is 1. The van der Waals surface area contributed by atoms with Crippen LogP contribution in [0.5, 0.6) is 0 Å². The van der Waals surface area contributed by atoms with Gasteiger partial charge in [-0.25, -0.2) is 9.36 Å². The number of ketones is 2. The quantitative estimate of drug-likeness (QED) is 0.400. The van der Waals surface area contributed by atoms with Crippen LogP contribution >= 0.6 is 0 Å². The molecule has 2 aromatic carbocycles. The van der Waals surface area contributed by atoms with Crippen LogP contribution in [0.1, 0.15) is 37.3 Å². The Morgan fingerprint density at radius 2 is 1.68 bits per heavy atom. The summed E-state index contributed by atoms with van der Waals surface area (Å²) >= 11 is 0. The summed E-state index contributed by atoms with van der Waals surface area (Å²) in [5.41, 5.74) is 0.664. The highest BCUT2D eigenvalue weighted by Crippen LogP contribution is 2.26. The van der Waals surface area contributed by atoms with E-state index < -0.39 is 28.6 Å². The van der Waals surface area contributed by atoms with Gasteiger partial charge in [0.2, 0.25) is 0 Å². The number of fused-ring (bicyclic) bond motifs is 1. The third kappa shape index (κ3) is 3.32. The van der Waals surface area contributed by atoms with E-state index in [0.29, 0.717) is 24.2 Å². The average Bonchev–Trinajstić information content (AvgIpc) is 2.75. The van der Waals surface area contributed by atoms with Gasteiger partial charge in [0, 0.05) is 24.9 Å². The lowest BCUT2D eigenvalue weighted by Gasteiger charge is -2.16. The third-order valence-electron chi connectivity index (χ3n) is 5.69. The van der Waals surface area contributed by atoms with Crippen molar-refractivity contribution in [3.8, 4) is 5.69 Å². The first-order chi connectivity index (χ1) is 14.8. The maximum Gasteiger partial charge on any atom is 0.336 e. The molecule has 7 nitrogen and oxygen atoms in total. The van der Waals surface area contributed by atoms with E-state index in [0.717, 1.165) is 10.1 Å². The lowest BCUT2D eigenvalue weighted by Crippen LogP contribution is -2.39. The summed E-state index contributed by atoms with van der Waals surface area (Å²) in [6.07, 6.45) is 0.873. The Labute approximate surface area is 177 Å². The number of hydrogen-bond donors (Lipinski definition) is 1. The fourth-order valence-electron chi connectivity index (χ4n) is 4.08. The number of carbonyl (C=O) groups excluding carboxylic acids is 2. The lowest BCUT2D eigenvalue weighted by molar-refractivity contribution is -0.123. The van der Waals surface area contributed by atoms with Crippen LogP contribution in [0.25, 0.3) is 22.3 Å². The molecule has 0 spiro atoms. The zero-order valence-corrected chi connectivity index (χ0v) is 17.3. The minimum atomic E-state index is -0.528. The maximum atomic E-state index is 13.4. The number of hydrogen-bond acceptors (Lipinski definition) is 5. The largest absolute Gasteiger partial charge is 0.506 e. The number of carbonyl (C=O) groups is 2. The summed E-state index contributed by atoms with van der Waals surface area (Å²) in [5, 5.41) is 10.9. The minimum absolute atomic E-state index is 0.195. The van der Waals surface area contributed by atoms with Gasteiger partial charge in [-0.05, 0) is 50.1 Å². The number of aryl methyl sites for hydroxylation is 2. The summed E-state index contributed by atoms with van der Waals surface area (Å²) < 4.78 is 2.60. The van der Waals surface area contributed by atoms with E-state index in [1.54, 1.807) is 25.1 Å². The Balaban J connectivity index is 2.04. The third-order valence-corrected chi connectivity index (χ3v) is 5.69. The van der Waals surface area contributed by atoms with Crippen LogP contribution in [-0.4, -0.2) is 25.8 Å². The molecule has 1 aliphatic carbocycles. The van der Waals surface area contributed by atoms with Crippen molar-refractivity contribution in [2.45, 2.75) is 39.7 Å². The second kappa shape index (κ2) is 7.83. The molecule has 1 saturated carbocycles. The Kier molecular flexibility index (Phi) is 5.19. The highest BCUT2D eigenvalue weighted by atomic mass is 16.3. The molecule has 0 radical (unpaired) electrons. The molecule has 0 amide bonds. The fraction of sp³-hybridized carbons (Fsp3) is 0.250. The standard InChI is InChI=1S/C24H22N2O5/c1-3-25-18-12-11-15(22(29)21-19(27)9-6-10-20(21)28)13-16(18)23(30)26(24(25)31)17-8-5-4-7-14(17)2/h4-5,7-8,11-13,29H,3,6,9-10H2,1-2H3. The molecule has 0 unspecified atom stereocenters. The first kappa shape index (κ1) is 20.5. The molecule has 31 heavy (non-hydrogen) atoms. The normalized spacial score (nSPS) is 14.3.